The summed E-state index contributed by atoms with van der Waals surface area (Å²) in [6.45, 7) is 11.4. The van der Waals surface area contributed by atoms with E-state index in [4.69, 9.17) is 10.3 Å². The topological polar surface area (TPSA) is 120 Å². The average molecular weight is 523 g/mol. The van der Waals surface area contributed by atoms with Crippen molar-refractivity contribution in [3.05, 3.63) is 81.9 Å². The van der Waals surface area contributed by atoms with Crippen molar-refractivity contribution in [1.29, 1.82) is 0 Å². The molecule has 0 spiro atoms. The Morgan fingerprint density at radius 2 is 0.861 bits per heavy atom. The molecule has 0 aliphatic carbocycles. The molecule has 0 fully saturated rings. The molecule has 0 heterocycles. The van der Waals surface area contributed by atoms with Gasteiger partial charge in [0.05, 0.1) is 9.79 Å². The summed E-state index contributed by atoms with van der Waals surface area (Å²) in [7, 11) is -8.82. The Morgan fingerprint density at radius 1 is 0.500 bits per heavy atom. The van der Waals surface area contributed by atoms with Crippen molar-refractivity contribution in [3.8, 4) is 22.3 Å². The molecule has 0 aliphatic rings. The van der Waals surface area contributed by atoms with Gasteiger partial charge in [0.2, 0.25) is 20.0 Å². The molecule has 6 nitrogen and oxygen atoms in total. The summed E-state index contributed by atoms with van der Waals surface area (Å²) < 4.78 is 53.3. The van der Waals surface area contributed by atoms with Crippen LogP contribution >= 0.6 is 0 Å². The van der Waals surface area contributed by atoms with E-state index in [1.54, 1.807) is 24.3 Å². The van der Waals surface area contributed by atoms with Gasteiger partial charge < -0.3 is 0 Å². The van der Waals surface area contributed by atoms with Crippen molar-refractivity contribution in [3.63, 3.8) is 0 Å². The van der Waals surface area contributed by atoms with Crippen LogP contribution in [0.3, 0.4) is 0 Å². The van der Waals surface area contributed by atoms with E-state index in [-0.39, 0.29) is 15.4 Å². The van der Waals surface area contributed by atoms with Crippen molar-refractivity contribution < 1.29 is 16.8 Å². The molecule has 0 bridgehead atoms. The lowest BCUT2D eigenvalue weighted by atomic mass is 9.85. The van der Waals surface area contributed by atoms with E-state index < -0.39 is 20.0 Å². The van der Waals surface area contributed by atoms with E-state index in [0.717, 1.165) is 33.4 Å². The number of benzene rings is 4. The first kappa shape index (κ1) is 26.0. The van der Waals surface area contributed by atoms with E-state index >= 15 is 0 Å². The Hall–Kier alpha value is -3.04. The predicted molar refractivity (Wildman–Crippen MR) is 146 cm³/mol. The van der Waals surface area contributed by atoms with Gasteiger partial charge in [-0.2, -0.15) is 0 Å². The first-order valence-electron chi connectivity index (χ1n) is 11.4. The van der Waals surface area contributed by atoms with Crippen molar-refractivity contribution in [1.82, 2.24) is 0 Å². The van der Waals surface area contributed by atoms with Crippen LogP contribution in [0.25, 0.3) is 33.0 Å². The third-order valence-corrected chi connectivity index (χ3v) is 8.52. The maximum atomic E-state index is 13.5. The summed E-state index contributed by atoms with van der Waals surface area (Å²) in [6.07, 6.45) is 0. The Balaban J connectivity index is 2.49. The maximum absolute atomic E-state index is 13.5. The minimum atomic E-state index is -4.44. The van der Waals surface area contributed by atoms with Gasteiger partial charge in [-0.1, -0.05) is 59.7 Å². The van der Waals surface area contributed by atoms with Gasteiger partial charge >= 0.3 is 0 Å². The Bertz CT molecular complexity index is 1740. The van der Waals surface area contributed by atoms with Gasteiger partial charge in [0, 0.05) is 16.5 Å². The van der Waals surface area contributed by atoms with E-state index in [2.05, 4.69) is 0 Å². The SMILES string of the molecule is Cc1cc(C)c(-c2c(S(N)(=O)=O)c(-c3c(C)cc(C)cc3C)c3ccccc3c2S(N)(=O)=O)c(C)c1. The second-order valence-corrected chi connectivity index (χ2v) is 12.6. The van der Waals surface area contributed by atoms with Gasteiger partial charge in [-0.25, -0.2) is 27.1 Å². The van der Waals surface area contributed by atoms with Crippen LogP contribution in [0.1, 0.15) is 33.4 Å². The standard InChI is InChI=1S/C28H30N2O4S2/c1-15-11-17(3)23(18(4)12-15)25-21-9-7-8-10-22(21)27(35(29,31)32)26(28(25)36(30,33)34)24-19(5)13-16(2)14-20(24)6/h7-14H,1-6H3,(H2,29,31,32)(H2,30,33,34). The van der Waals surface area contributed by atoms with Crippen LogP contribution in [0.5, 0.6) is 0 Å². The number of primary sulfonamides is 2. The maximum Gasteiger partial charge on any atom is 0.239 e. The molecule has 4 aromatic carbocycles. The van der Waals surface area contributed by atoms with Crippen LogP contribution < -0.4 is 10.3 Å². The average Bonchev–Trinajstić information content (AvgIpc) is 2.70. The monoisotopic (exact) mass is 522 g/mol. The van der Waals surface area contributed by atoms with Gasteiger partial charge in [-0.05, 0) is 80.3 Å². The Kier molecular flexibility index (Phi) is 6.37. The Morgan fingerprint density at radius 3 is 1.25 bits per heavy atom. The molecule has 36 heavy (non-hydrogen) atoms. The highest BCUT2D eigenvalue weighted by molar-refractivity contribution is 7.90. The molecule has 0 unspecified atom stereocenters. The van der Waals surface area contributed by atoms with E-state index in [0.29, 0.717) is 27.5 Å². The molecule has 4 rings (SSSR count). The van der Waals surface area contributed by atoms with Crippen LogP contribution in [0.2, 0.25) is 0 Å². The van der Waals surface area contributed by atoms with Crippen molar-refractivity contribution >= 4 is 30.8 Å². The number of sulfonamides is 2. The highest BCUT2D eigenvalue weighted by atomic mass is 32.2. The van der Waals surface area contributed by atoms with Crippen LogP contribution in [-0.4, -0.2) is 16.8 Å². The molecule has 4 N–H and O–H groups in total. The summed E-state index contributed by atoms with van der Waals surface area (Å²) in [5, 5.41) is 12.5. The molecule has 0 saturated carbocycles. The summed E-state index contributed by atoms with van der Waals surface area (Å²) >= 11 is 0. The lowest BCUT2D eigenvalue weighted by Gasteiger charge is -2.25. The third-order valence-electron chi connectivity index (χ3n) is 6.55. The number of aryl methyl sites for hydroxylation is 6. The summed E-state index contributed by atoms with van der Waals surface area (Å²) in [4.78, 5) is -0.487. The zero-order chi connectivity index (χ0) is 26.7. The lowest BCUT2D eigenvalue weighted by Crippen LogP contribution is -2.21. The minimum Gasteiger partial charge on any atom is -0.225 e. The number of hydrogen-bond acceptors (Lipinski definition) is 4. The van der Waals surface area contributed by atoms with E-state index in [9.17, 15) is 16.8 Å². The largest absolute Gasteiger partial charge is 0.239 e. The van der Waals surface area contributed by atoms with Gasteiger partial charge in [-0.3, -0.25) is 0 Å². The summed E-state index contributed by atoms with van der Waals surface area (Å²) in [6, 6.07) is 14.5. The number of fused-ring (bicyclic) bond motifs is 1. The second kappa shape index (κ2) is 8.81. The molecule has 4 aromatic rings. The second-order valence-electron chi connectivity index (χ2n) is 9.59. The normalized spacial score (nSPS) is 12.3. The van der Waals surface area contributed by atoms with Crippen molar-refractivity contribution in [2.45, 2.75) is 51.3 Å². The van der Waals surface area contributed by atoms with E-state index in [1.165, 1.54) is 0 Å². The summed E-state index contributed by atoms with van der Waals surface area (Å²) in [5.74, 6) is 0. The fourth-order valence-electron chi connectivity index (χ4n) is 5.59. The highest BCUT2D eigenvalue weighted by Gasteiger charge is 2.33. The molecule has 0 aromatic heterocycles. The van der Waals surface area contributed by atoms with E-state index in [1.807, 2.05) is 65.8 Å². The number of hydrogen-bond donors (Lipinski definition) is 2. The Labute approximate surface area is 213 Å². The zero-order valence-electron chi connectivity index (χ0n) is 21.2. The lowest BCUT2D eigenvalue weighted by molar-refractivity contribution is 0.597. The molecule has 8 heteroatoms. The van der Waals surface area contributed by atoms with Gasteiger partial charge in [-0.15, -0.1) is 0 Å². The minimum absolute atomic E-state index is 0.0167. The fourth-order valence-corrected chi connectivity index (χ4v) is 7.61. The van der Waals surface area contributed by atoms with Gasteiger partial charge in [0.15, 0.2) is 0 Å². The molecule has 188 valence electrons. The quantitative estimate of drug-likeness (QED) is 0.377. The number of nitrogens with two attached hydrogens (primary N) is 2. The molecule has 0 radical (unpaired) electrons. The first-order valence-corrected chi connectivity index (χ1v) is 14.5. The van der Waals surface area contributed by atoms with Crippen LogP contribution in [-0.2, 0) is 20.0 Å². The van der Waals surface area contributed by atoms with Crippen molar-refractivity contribution in [2.75, 3.05) is 0 Å². The smallest absolute Gasteiger partial charge is 0.225 e. The summed E-state index contributed by atoms with van der Waals surface area (Å²) in [5.41, 5.74) is 6.74. The molecule has 0 amide bonds. The van der Waals surface area contributed by atoms with Crippen LogP contribution in [0.4, 0.5) is 0 Å². The molecule has 0 aliphatic heterocycles. The first-order chi connectivity index (χ1) is 16.6. The van der Waals surface area contributed by atoms with Crippen LogP contribution in [0, 0.1) is 41.5 Å². The molecular formula is C28H30N2O4S2. The predicted octanol–water partition coefficient (Wildman–Crippen LogP) is 5.32. The zero-order valence-corrected chi connectivity index (χ0v) is 22.9. The van der Waals surface area contributed by atoms with Gasteiger partial charge in [0.1, 0.15) is 0 Å². The van der Waals surface area contributed by atoms with Gasteiger partial charge in [0.25, 0.3) is 0 Å². The number of rotatable bonds is 4. The van der Waals surface area contributed by atoms with Crippen LogP contribution in [0.15, 0.2) is 58.3 Å². The fraction of sp³-hybridized carbons (Fsp3) is 0.214. The van der Waals surface area contributed by atoms with Crippen molar-refractivity contribution in [2.24, 2.45) is 10.3 Å². The molecule has 0 saturated heterocycles. The third kappa shape index (κ3) is 4.35. The molecular weight excluding hydrogens is 492 g/mol. The highest BCUT2D eigenvalue weighted by Crippen LogP contribution is 2.48. The molecule has 0 atom stereocenters.